The van der Waals surface area contributed by atoms with Gasteiger partial charge in [0.1, 0.15) is 23.1 Å². The maximum Gasteiger partial charge on any atom is 0.257 e. The van der Waals surface area contributed by atoms with Crippen LogP contribution in [0, 0.1) is 19.7 Å². The number of halogens is 1. The fraction of sp³-hybridized carbons (Fsp3) is 0.238. The van der Waals surface area contributed by atoms with E-state index >= 15 is 0 Å². The SMILES string of the molecule is Cc1cc(C(=O)N(CCC(=O)Nc2ccccc2F)Cc2ccco2)c(C)o1. The Kier molecular flexibility index (Phi) is 5.93. The molecule has 3 aromatic rings. The van der Waals surface area contributed by atoms with E-state index in [2.05, 4.69) is 5.32 Å². The molecule has 0 saturated heterocycles. The van der Waals surface area contributed by atoms with Gasteiger partial charge >= 0.3 is 0 Å². The maximum absolute atomic E-state index is 13.7. The van der Waals surface area contributed by atoms with Gasteiger partial charge in [0, 0.05) is 13.0 Å². The third-order valence-electron chi connectivity index (χ3n) is 4.24. The molecule has 6 nitrogen and oxygen atoms in total. The maximum atomic E-state index is 13.7. The monoisotopic (exact) mass is 384 g/mol. The number of aryl methyl sites for hydroxylation is 2. The molecule has 7 heteroatoms. The molecule has 0 bridgehead atoms. The summed E-state index contributed by atoms with van der Waals surface area (Å²) in [6.07, 6.45) is 1.53. The highest BCUT2D eigenvalue weighted by Crippen LogP contribution is 2.19. The van der Waals surface area contributed by atoms with Gasteiger partial charge in [-0.25, -0.2) is 4.39 Å². The first-order valence-electron chi connectivity index (χ1n) is 8.87. The average molecular weight is 384 g/mol. The van der Waals surface area contributed by atoms with Crippen LogP contribution in [0.4, 0.5) is 10.1 Å². The molecule has 0 aliphatic carbocycles. The van der Waals surface area contributed by atoms with E-state index in [0.29, 0.717) is 22.8 Å². The highest BCUT2D eigenvalue weighted by atomic mass is 19.1. The van der Waals surface area contributed by atoms with Gasteiger partial charge in [-0.15, -0.1) is 0 Å². The number of para-hydroxylation sites is 1. The van der Waals surface area contributed by atoms with Crippen molar-refractivity contribution in [1.29, 1.82) is 0 Å². The quantitative estimate of drug-likeness (QED) is 0.659. The van der Waals surface area contributed by atoms with Crippen LogP contribution in [-0.4, -0.2) is 23.3 Å². The lowest BCUT2D eigenvalue weighted by molar-refractivity contribution is -0.116. The van der Waals surface area contributed by atoms with E-state index < -0.39 is 5.82 Å². The summed E-state index contributed by atoms with van der Waals surface area (Å²) in [5.74, 6) is 0.593. The molecule has 2 heterocycles. The second-order valence-corrected chi connectivity index (χ2v) is 6.41. The van der Waals surface area contributed by atoms with Crippen LogP contribution in [-0.2, 0) is 11.3 Å². The van der Waals surface area contributed by atoms with Crippen molar-refractivity contribution in [2.75, 3.05) is 11.9 Å². The van der Waals surface area contributed by atoms with Crippen molar-refractivity contribution in [1.82, 2.24) is 4.90 Å². The van der Waals surface area contributed by atoms with Gasteiger partial charge in [-0.3, -0.25) is 9.59 Å². The summed E-state index contributed by atoms with van der Waals surface area (Å²) in [4.78, 5) is 26.7. The summed E-state index contributed by atoms with van der Waals surface area (Å²) < 4.78 is 24.5. The Balaban J connectivity index is 1.70. The van der Waals surface area contributed by atoms with Crippen molar-refractivity contribution in [3.8, 4) is 0 Å². The standard InChI is InChI=1S/C21H21FN2O4/c1-14-12-17(15(2)28-14)21(26)24(13-16-6-5-11-27-16)10-9-20(25)23-19-8-4-3-7-18(19)22/h3-8,11-12H,9-10,13H2,1-2H3,(H,23,25). The number of nitrogens with zero attached hydrogens (tertiary/aromatic N) is 1. The third-order valence-corrected chi connectivity index (χ3v) is 4.24. The normalized spacial score (nSPS) is 10.7. The predicted molar refractivity (Wildman–Crippen MR) is 101 cm³/mol. The molecule has 0 radical (unpaired) electrons. The van der Waals surface area contributed by atoms with E-state index in [1.54, 1.807) is 44.2 Å². The molecule has 146 valence electrons. The number of rotatable bonds is 7. The van der Waals surface area contributed by atoms with Crippen molar-refractivity contribution in [3.05, 3.63) is 77.4 Å². The van der Waals surface area contributed by atoms with Crippen LogP contribution < -0.4 is 5.32 Å². The Morgan fingerprint density at radius 2 is 1.93 bits per heavy atom. The Hall–Kier alpha value is -3.35. The van der Waals surface area contributed by atoms with Gasteiger partial charge < -0.3 is 19.1 Å². The molecule has 3 rings (SSSR count). The van der Waals surface area contributed by atoms with Crippen LogP contribution >= 0.6 is 0 Å². The van der Waals surface area contributed by atoms with Gasteiger partial charge in [0.2, 0.25) is 5.91 Å². The Morgan fingerprint density at radius 3 is 2.57 bits per heavy atom. The van der Waals surface area contributed by atoms with Gasteiger partial charge in [0.25, 0.3) is 5.91 Å². The lowest BCUT2D eigenvalue weighted by atomic mass is 10.2. The first kappa shape index (κ1) is 19.4. The van der Waals surface area contributed by atoms with E-state index in [0.717, 1.165) is 0 Å². The summed E-state index contributed by atoms with van der Waals surface area (Å²) in [5.41, 5.74) is 0.552. The zero-order valence-corrected chi connectivity index (χ0v) is 15.7. The largest absolute Gasteiger partial charge is 0.467 e. The van der Waals surface area contributed by atoms with Crippen LogP contribution in [0.5, 0.6) is 0 Å². The molecule has 0 spiro atoms. The topological polar surface area (TPSA) is 75.7 Å². The Bertz CT molecular complexity index is 963. The summed E-state index contributed by atoms with van der Waals surface area (Å²) in [5, 5.41) is 2.52. The zero-order valence-electron chi connectivity index (χ0n) is 15.7. The molecule has 1 N–H and O–H groups in total. The summed E-state index contributed by atoms with van der Waals surface area (Å²) in [6, 6.07) is 11.1. The van der Waals surface area contributed by atoms with Crippen molar-refractivity contribution in [3.63, 3.8) is 0 Å². The molecule has 1 aromatic carbocycles. The second kappa shape index (κ2) is 8.56. The lowest BCUT2D eigenvalue weighted by Gasteiger charge is -2.21. The highest BCUT2D eigenvalue weighted by molar-refractivity contribution is 5.96. The zero-order chi connectivity index (χ0) is 20.1. The van der Waals surface area contributed by atoms with Crippen molar-refractivity contribution >= 4 is 17.5 Å². The van der Waals surface area contributed by atoms with Gasteiger partial charge in [-0.1, -0.05) is 12.1 Å². The fourth-order valence-electron chi connectivity index (χ4n) is 2.87. The summed E-state index contributed by atoms with van der Waals surface area (Å²) in [7, 11) is 0. The number of carbonyl (C=O) groups is 2. The summed E-state index contributed by atoms with van der Waals surface area (Å²) >= 11 is 0. The fourth-order valence-corrected chi connectivity index (χ4v) is 2.87. The third kappa shape index (κ3) is 4.68. The highest BCUT2D eigenvalue weighted by Gasteiger charge is 2.22. The van der Waals surface area contributed by atoms with Crippen LogP contribution in [0.3, 0.4) is 0 Å². The van der Waals surface area contributed by atoms with Crippen molar-refractivity contribution in [2.45, 2.75) is 26.8 Å². The molecule has 0 saturated carbocycles. The Morgan fingerprint density at radius 1 is 1.14 bits per heavy atom. The van der Waals surface area contributed by atoms with E-state index in [1.165, 1.54) is 23.3 Å². The molecule has 28 heavy (non-hydrogen) atoms. The molecule has 2 aromatic heterocycles. The molecule has 0 fully saturated rings. The minimum Gasteiger partial charge on any atom is -0.467 e. The molecule has 0 aliphatic heterocycles. The molecule has 2 amide bonds. The van der Waals surface area contributed by atoms with Gasteiger partial charge in [0.05, 0.1) is 24.1 Å². The second-order valence-electron chi connectivity index (χ2n) is 6.41. The summed E-state index contributed by atoms with van der Waals surface area (Å²) in [6.45, 7) is 3.84. The van der Waals surface area contributed by atoms with E-state index in [-0.39, 0.29) is 37.0 Å². The molecule has 0 atom stereocenters. The number of hydrogen-bond donors (Lipinski definition) is 1. The number of nitrogens with one attached hydrogen (secondary N) is 1. The number of furan rings is 2. The average Bonchev–Trinajstić information content (AvgIpc) is 3.29. The van der Waals surface area contributed by atoms with Crippen molar-refractivity contribution < 1.29 is 22.8 Å². The van der Waals surface area contributed by atoms with Crippen LogP contribution in [0.1, 0.15) is 34.1 Å². The number of amides is 2. The van der Waals surface area contributed by atoms with Gasteiger partial charge in [0.15, 0.2) is 0 Å². The lowest BCUT2D eigenvalue weighted by Crippen LogP contribution is -2.33. The molecule has 0 aliphatic rings. The van der Waals surface area contributed by atoms with Gasteiger partial charge in [-0.2, -0.15) is 0 Å². The van der Waals surface area contributed by atoms with Crippen molar-refractivity contribution in [2.24, 2.45) is 0 Å². The molecule has 0 unspecified atom stereocenters. The Labute approximate surface area is 161 Å². The number of anilines is 1. The molecular weight excluding hydrogens is 363 g/mol. The first-order valence-corrected chi connectivity index (χ1v) is 8.87. The van der Waals surface area contributed by atoms with E-state index in [4.69, 9.17) is 8.83 Å². The van der Waals surface area contributed by atoms with Crippen LogP contribution in [0.15, 0.2) is 57.6 Å². The van der Waals surface area contributed by atoms with Gasteiger partial charge in [-0.05, 0) is 44.2 Å². The number of benzene rings is 1. The van der Waals surface area contributed by atoms with E-state index in [1.807, 2.05) is 0 Å². The number of carbonyl (C=O) groups excluding carboxylic acids is 2. The van der Waals surface area contributed by atoms with E-state index in [9.17, 15) is 14.0 Å². The smallest absolute Gasteiger partial charge is 0.257 e. The molecular formula is C21H21FN2O4. The first-order chi connectivity index (χ1) is 13.4. The van der Waals surface area contributed by atoms with Crippen LogP contribution in [0.2, 0.25) is 0 Å². The number of hydrogen-bond acceptors (Lipinski definition) is 4. The predicted octanol–water partition coefficient (Wildman–Crippen LogP) is 4.30. The minimum atomic E-state index is -0.510. The minimum absolute atomic E-state index is 0.0106. The van der Waals surface area contributed by atoms with Crippen LogP contribution in [0.25, 0.3) is 0 Å².